The summed E-state index contributed by atoms with van der Waals surface area (Å²) in [6.07, 6.45) is 1.96. The molecule has 0 atom stereocenters. The van der Waals surface area contributed by atoms with E-state index in [1.165, 1.54) is 0 Å². The van der Waals surface area contributed by atoms with Crippen LogP contribution in [-0.2, 0) is 6.54 Å². The van der Waals surface area contributed by atoms with Crippen LogP contribution in [0.3, 0.4) is 0 Å². The first kappa shape index (κ1) is 20.9. The van der Waals surface area contributed by atoms with E-state index in [0.717, 1.165) is 27.6 Å². The second kappa shape index (κ2) is 9.63. The molecule has 0 amide bonds. The summed E-state index contributed by atoms with van der Waals surface area (Å²) in [5.41, 5.74) is 3.71. The lowest BCUT2D eigenvalue weighted by Gasteiger charge is -2.11. The van der Waals surface area contributed by atoms with Crippen molar-refractivity contribution >= 4 is 10.9 Å². The third kappa shape index (κ3) is 4.40. The van der Waals surface area contributed by atoms with Crippen LogP contribution in [0.15, 0.2) is 47.1 Å². The van der Waals surface area contributed by atoms with Crippen molar-refractivity contribution in [3.63, 3.8) is 0 Å². The van der Waals surface area contributed by atoms with Gasteiger partial charge in [0.15, 0.2) is 11.5 Å². The summed E-state index contributed by atoms with van der Waals surface area (Å²) >= 11 is 0. The molecule has 0 spiro atoms. The van der Waals surface area contributed by atoms with E-state index in [0.29, 0.717) is 49.5 Å². The Hall–Kier alpha value is -3.36. The van der Waals surface area contributed by atoms with Gasteiger partial charge in [-0.25, -0.2) is 0 Å². The molecule has 0 aliphatic rings. The van der Waals surface area contributed by atoms with Crippen molar-refractivity contribution in [1.82, 2.24) is 20.4 Å². The Morgan fingerprint density at radius 3 is 2.74 bits per heavy atom. The largest absolute Gasteiger partial charge is 0.490 e. The average Bonchev–Trinajstić information content (AvgIpc) is 3.43. The fourth-order valence-corrected chi connectivity index (χ4v) is 3.52. The molecule has 0 saturated heterocycles. The van der Waals surface area contributed by atoms with Crippen LogP contribution in [0.25, 0.3) is 33.7 Å². The van der Waals surface area contributed by atoms with Gasteiger partial charge in [0.25, 0.3) is 5.89 Å². The Balaban J connectivity index is 1.68. The van der Waals surface area contributed by atoms with E-state index < -0.39 is 0 Å². The molecule has 0 fully saturated rings. The molecule has 2 aromatic heterocycles. The van der Waals surface area contributed by atoms with Crippen LogP contribution < -0.4 is 14.8 Å². The summed E-state index contributed by atoms with van der Waals surface area (Å²) in [5.74, 6) is 2.25. The Kier molecular flexibility index (Phi) is 6.49. The number of aliphatic hydroxyl groups is 1. The molecular formula is C23H26N4O4. The van der Waals surface area contributed by atoms with Crippen LogP contribution >= 0.6 is 0 Å². The van der Waals surface area contributed by atoms with Crippen LogP contribution in [0.1, 0.15) is 19.4 Å². The van der Waals surface area contributed by atoms with E-state index >= 15 is 0 Å². The molecule has 0 aliphatic heterocycles. The van der Waals surface area contributed by atoms with Crippen LogP contribution in [0, 0.1) is 0 Å². The van der Waals surface area contributed by atoms with E-state index in [1.807, 2.05) is 56.4 Å². The first-order valence-corrected chi connectivity index (χ1v) is 10.4. The van der Waals surface area contributed by atoms with Crippen molar-refractivity contribution in [1.29, 1.82) is 0 Å². The summed E-state index contributed by atoms with van der Waals surface area (Å²) in [6, 6.07) is 11.5. The molecule has 3 N–H and O–H groups in total. The minimum Gasteiger partial charge on any atom is -0.490 e. The van der Waals surface area contributed by atoms with Crippen molar-refractivity contribution < 1.29 is 19.1 Å². The molecule has 8 heteroatoms. The molecule has 0 bridgehead atoms. The highest BCUT2D eigenvalue weighted by molar-refractivity contribution is 5.96. The number of benzene rings is 2. The van der Waals surface area contributed by atoms with Gasteiger partial charge in [0.1, 0.15) is 0 Å². The summed E-state index contributed by atoms with van der Waals surface area (Å²) in [4.78, 5) is 7.93. The lowest BCUT2D eigenvalue weighted by atomic mass is 10.1. The quantitative estimate of drug-likeness (QED) is 0.334. The molecule has 0 unspecified atom stereocenters. The Labute approximate surface area is 180 Å². The minimum absolute atomic E-state index is 0.0925. The third-order valence-corrected chi connectivity index (χ3v) is 4.85. The van der Waals surface area contributed by atoms with Crippen molar-refractivity contribution in [3.8, 4) is 34.3 Å². The maximum atomic E-state index is 9.03. The average molecular weight is 422 g/mol. The summed E-state index contributed by atoms with van der Waals surface area (Å²) < 4.78 is 16.9. The van der Waals surface area contributed by atoms with Crippen LogP contribution in [0.4, 0.5) is 0 Å². The molecule has 0 aliphatic carbocycles. The van der Waals surface area contributed by atoms with E-state index in [-0.39, 0.29) is 6.61 Å². The number of fused-ring (bicyclic) bond motifs is 1. The molecule has 162 valence electrons. The number of aromatic nitrogens is 3. The number of nitrogens with zero attached hydrogens (tertiary/aromatic N) is 2. The number of hydrogen-bond acceptors (Lipinski definition) is 7. The number of nitrogens with one attached hydrogen (secondary N) is 2. The highest BCUT2D eigenvalue weighted by atomic mass is 16.5. The van der Waals surface area contributed by atoms with Gasteiger partial charge in [-0.05, 0) is 43.7 Å². The number of hydrogen-bond donors (Lipinski definition) is 3. The third-order valence-electron chi connectivity index (χ3n) is 4.85. The lowest BCUT2D eigenvalue weighted by molar-refractivity contribution is 0.288. The predicted molar refractivity (Wildman–Crippen MR) is 118 cm³/mol. The fraction of sp³-hybridized carbons (Fsp3) is 0.304. The highest BCUT2D eigenvalue weighted by Crippen LogP contribution is 2.34. The SMILES string of the molecule is CCOc1ccc(-c2nc(-c3cccc4[nH]cc(CNCCO)c34)no2)cc1OCC. The van der Waals surface area contributed by atoms with E-state index in [1.54, 1.807) is 0 Å². The zero-order valence-corrected chi connectivity index (χ0v) is 17.6. The number of H-pyrrole nitrogens is 1. The molecular weight excluding hydrogens is 396 g/mol. The van der Waals surface area contributed by atoms with Crippen molar-refractivity contribution in [2.75, 3.05) is 26.4 Å². The zero-order chi connectivity index (χ0) is 21.6. The first-order valence-electron chi connectivity index (χ1n) is 10.4. The normalized spacial score (nSPS) is 11.2. The summed E-state index contributed by atoms with van der Waals surface area (Å²) in [6.45, 7) is 6.19. The smallest absolute Gasteiger partial charge is 0.258 e. The van der Waals surface area contributed by atoms with Gasteiger partial charge in [0.05, 0.1) is 19.8 Å². The topological polar surface area (TPSA) is 105 Å². The molecule has 4 rings (SSSR count). The van der Waals surface area contributed by atoms with Gasteiger partial charge in [0, 0.05) is 41.3 Å². The van der Waals surface area contributed by atoms with E-state index in [4.69, 9.17) is 19.1 Å². The van der Waals surface area contributed by atoms with Gasteiger partial charge in [0.2, 0.25) is 5.82 Å². The van der Waals surface area contributed by atoms with E-state index in [9.17, 15) is 0 Å². The maximum Gasteiger partial charge on any atom is 0.258 e. The summed E-state index contributed by atoms with van der Waals surface area (Å²) in [5, 5.41) is 17.5. The van der Waals surface area contributed by atoms with Gasteiger partial charge in [-0.2, -0.15) is 4.98 Å². The van der Waals surface area contributed by atoms with Crippen LogP contribution in [-0.4, -0.2) is 46.6 Å². The van der Waals surface area contributed by atoms with Crippen LogP contribution in [0.2, 0.25) is 0 Å². The second-order valence-electron chi connectivity index (χ2n) is 6.89. The monoisotopic (exact) mass is 422 g/mol. The van der Waals surface area contributed by atoms with Crippen molar-refractivity contribution in [2.24, 2.45) is 0 Å². The number of rotatable bonds is 10. The fourth-order valence-electron chi connectivity index (χ4n) is 3.52. The molecule has 2 heterocycles. The van der Waals surface area contributed by atoms with E-state index in [2.05, 4.69) is 20.4 Å². The van der Waals surface area contributed by atoms with Crippen molar-refractivity contribution in [3.05, 3.63) is 48.2 Å². The molecule has 2 aromatic carbocycles. The Bertz CT molecular complexity index is 1150. The summed E-state index contributed by atoms with van der Waals surface area (Å²) in [7, 11) is 0. The Morgan fingerprint density at radius 1 is 1.10 bits per heavy atom. The molecule has 31 heavy (non-hydrogen) atoms. The Morgan fingerprint density at radius 2 is 1.94 bits per heavy atom. The highest BCUT2D eigenvalue weighted by Gasteiger charge is 2.17. The van der Waals surface area contributed by atoms with Gasteiger partial charge >= 0.3 is 0 Å². The lowest BCUT2D eigenvalue weighted by Crippen LogP contribution is -2.17. The van der Waals surface area contributed by atoms with Gasteiger partial charge in [-0.3, -0.25) is 0 Å². The molecule has 4 aromatic rings. The molecule has 0 saturated carbocycles. The van der Waals surface area contributed by atoms with Crippen molar-refractivity contribution in [2.45, 2.75) is 20.4 Å². The minimum atomic E-state index is 0.0925. The number of ether oxygens (including phenoxy) is 2. The standard InChI is InChI=1S/C23H26N4O4/c1-3-29-19-9-8-15(12-20(19)30-4-2)23-26-22(27-31-23)17-6-5-7-18-21(17)16(14-25-18)13-24-10-11-28/h5-9,12,14,24-25,28H,3-4,10-11,13H2,1-2H3. The number of aromatic amines is 1. The molecule has 0 radical (unpaired) electrons. The first-order chi connectivity index (χ1) is 15.2. The zero-order valence-electron chi connectivity index (χ0n) is 17.6. The maximum absolute atomic E-state index is 9.03. The number of aliphatic hydroxyl groups excluding tert-OH is 1. The predicted octanol–water partition coefficient (Wildman–Crippen LogP) is 3.76. The molecule has 8 nitrogen and oxygen atoms in total. The van der Waals surface area contributed by atoms with Gasteiger partial charge in [-0.1, -0.05) is 17.3 Å². The van der Waals surface area contributed by atoms with Crippen LogP contribution in [0.5, 0.6) is 11.5 Å². The van der Waals surface area contributed by atoms with Gasteiger partial charge in [-0.15, -0.1) is 0 Å². The van der Waals surface area contributed by atoms with Gasteiger partial charge < -0.3 is 29.4 Å². The second-order valence-corrected chi connectivity index (χ2v) is 6.89.